The van der Waals surface area contributed by atoms with Crippen LogP contribution in [0.3, 0.4) is 0 Å². The number of aliphatic imine (C=N–C) groups is 1. The van der Waals surface area contributed by atoms with Gasteiger partial charge in [0.15, 0.2) is 5.70 Å². The molecule has 0 saturated carbocycles. The summed E-state index contributed by atoms with van der Waals surface area (Å²) in [7, 11) is 0. The minimum Gasteiger partial charge on any atom is -0.546 e. The average molecular weight is 350 g/mol. The van der Waals surface area contributed by atoms with Gasteiger partial charge >= 0.3 is 5.97 Å². The molecule has 0 atom stereocenters. The van der Waals surface area contributed by atoms with Crippen molar-refractivity contribution < 1.29 is 24.2 Å². The fraction of sp³-hybridized carbons (Fsp3) is 0.150. The molecule has 2 aromatic carbocycles. The first-order chi connectivity index (χ1) is 12.4. The Balaban J connectivity index is 1.91. The highest BCUT2D eigenvalue weighted by atomic mass is 16.6. The molecule has 0 radical (unpaired) electrons. The highest BCUT2D eigenvalue weighted by molar-refractivity contribution is 6.13. The summed E-state index contributed by atoms with van der Waals surface area (Å²) < 4.78 is 10.4. The molecule has 26 heavy (non-hydrogen) atoms. The van der Waals surface area contributed by atoms with Crippen LogP contribution in [0.4, 0.5) is 0 Å². The van der Waals surface area contributed by atoms with Crippen molar-refractivity contribution in [3.63, 3.8) is 0 Å². The smallest absolute Gasteiger partial charge is 0.363 e. The molecule has 2 aromatic rings. The van der Waals surface area contributed by atoms with Gasteiger partial charge in [0, 0.05) is 11.1 Å². The van der Waals surface area contributed by atoms with Gasteiger partial charge in [-0.3, -0.25) is 0 Å². The number of carbonyl (C=O) groups excluding carboxylic acids is 2. The summed E-state index contributed by atoms with van der Waals surface area (Å²) in [6, 6.07) is 12.4. The Kier molecular flexibility index (Phi) is 4.84. The Morgan fingerprint density at radius 3 is 2.69 bits per heavy atom. The van der Waals surface area contributed by atoms with Crippen LogP contribution in [-0.2, 0) is 14.3 Å². The molecule has 0 saturated heterocycles. The average Bonchev–Trinajstić information content (AvgIpc) is 2.97. The summed E-state index contributed by atoms with van der Waals surface area (Å²) in [5, 5.41) is 10.6. The van der Waals surface area contributed by atoms with Gasteiger partial charge in [-0.05, 0) is 49.2 Å². The number of ether oxygens (including phenoxy) is 2. The van der Waals surface area contributed by atoms with Gasteiger partial charge in [-0.2, -0.15) is 0 Å². The maximum atomic E-state index is 12.1. The summed E-state index contributed by atoms with van der Waals surface area (Å²) in [5.41, 5.74) is 3.55. The van der Waals surface area contributed by atoms with Crippen LogP contribution >= 0.6 is 0 Å². The number of aryl methyl sites for hydroxylation is 2. The Labute approximate surface area is 150 Å². The third kappa shape index (κ3) is 3.80. The van der Waals surface area contributed by atoms with Crippen molar-refractivity contribution >= 4 is 23.9 Å². The molecule has 6 nitrogen and oxygen atoms in total. The normalized spacial score (nSPS) is 14.9. The minimum atomic E-state index is -1.33. The van der Waals surface area contributed by atoms with Crippen molar-refractivity contribution in [2.75, 3.05) is 6.61 Å². The summed E-state index contributed by atoms with van der Waals surface area (Å²) in [4.78, 5) is 27.0. The number of carbonyl (C=O) groups is 2. The number of carboxylic acid groups (broad SMARTS) is 1. The van der Waals surface area contributed by atoms with Crippen LogP contribution in [0.25, 0.3) is 6.08 Å². The van der Waals surface area contributed by atoms with Crippen LogP contribution in [0.1, 0.15) is 22.3 Å². The largest absolute Gasteiger partial charge is 0.546 e. The van der Waals surface area contributed by atoms with Crippen LogP contribution in [0.2, 0.25) is 0 Å². The summed E-state index contributed by atoms with van der Waals surface area (Å²) in [6.07, 6.45) is 1.50. The zero-order valence-corrected chi connectivity index (χ0v) is 14.3. The van der Waals surface area contributed by atoms with E-state index in [4.69, 9.17) is 9.47 Å². The van der Waals surface area contributed by atoms with Gasteiger partial charge in [0.1, 0.15) is 12.4 Å². The van der Waals surface area contributed by atoms with E-state index in [0.717, 1.165) is 11.1 Å². The maximum absolute atomic E-state index is 12.1. The van der Waals surface area contributed by atoms with E-state index in [-0.39, 0.29) is 11.6 Å². The number of hydrogen-bond acceptors (Lipinski definition) is 6. The molecule has 3 rings (SSSR count). The van der Waals surface area contributed by atoms with Gasteiger partial charge in [0.05, 0.1) is 5.97 Å². The summed E-state index contributed by atoms with van der Waals surface area (Å²) in [5.74, 6) is -1.36. The predicted octanol–water partition coefficient (Wildman–Crippen LogP) is 1.78. The van der Waals surface area contributed by atoms with Gasteiger partial charge in [-0.25, -0.2) is 9.79 Å². The number of para-hydroxylation sites is 1. The van der Waals surface area contributed by atoms with Crippen LogP contribution in [-0.4, -0.2) is 24.4 Å². The molecule has 0 fully saturated rings. The third-order valence-corrected chi connectivity index (χ3v) is 3.93. The van der Waals surface area contributed by atoms with E-state index in [9.17, 15) is 14.7 Å². The topological polar surface area (TPSA) is 88.0 Å². The Morgan fingerprint density at radius 1 is 1.19 bits per heavy atom. The summed E-state index contributed by atoms with van der Waals surface area (Å²) >= 11 is 0. The van der Waals surface area contributed by atoms with Crippen molar-refractivity contribution in [1.82, 2.24) is 0 Å². The Bertz CT molecular complexity index is 943. The van der Waals surface area contributed by atoms with Gasteiger partial charge in [0.25, 0.3) is 0 Å². The van der Waals surface area contributed by atoms with Crippen molar-refractivity contribution in [3.8, 4) is 5.75 Å². The van der Waals surface area contributed by atoms with Crippen molar-refractivity contribution in [1.29, 1.82) is 0 Å². The van der Waals surface area contributed by atoms with Crippen LogP contribution in [0.15, 0.2) is 53.2 Å². The van der Waals surface area contributed by atoms with E-state index in [2.05, 4.69) is 4.99 Å². The number of aliphatic carboxylic acids is 1. The molecule has 132 valence electrons. The number of cyclic esters (lactones) is 1. The molecule has 0 unspecified atom stereocenters. The van der Waals surface area contributed by atoms with Crippen molar-refractivity contribution in [2.24, 2.45) is 4.99 Å². The predicted molar refractivity (Wildman–Crippen MR) is 93.5 cm³/mol. The molecule has 0 N–H and O–H groups in total. The van der Waals surface area contributed by atoms with E-state index in [0.29, 0.717) is 16.9 Å². The number of carboxylic acids is 1. The van der Waals surface area contributed by atoms with E-state index < -0.39 is 18.5 Å². The lowest BCUT2D eigenvalue weighted by Gasteiger charge is -2.09. The SMILES string of the molecule is Cc1ccc(C2=N/C(=C\c3ccccc3OCC(=O)[O-])C(=O)O2)cc1C. The second-order valence-electron chi connectivity index (χ2n) is 5.83. The first-order valence-corrected chi connectivity index (χ1v) is 7.96. The lowest BCUT2D eigenvalue weighted by atomic mass is 10.1. The molecule has 0 amide bonds. The molecule has 0 spiro atoms. The van der Waals surface area contributed by atoms with E-state index in [1.165, 1.54) is 6.08 Å². The standard InChI is InChI=1S/C20H17NO5/c1-12-7-8-15(9-13(12)2)19-21-16(20(24)26-19)10-14-5-3-4-6-17(14)25-11-18(22)23/h3-10H,11H2,1-2H3,(H,22,23)/p-1/b16-10-. The lowest BCUT2D eigenvalue weighted by Crippen LogP contribution is -2.29. The molecule has 6 heteroatoms. The number of rotatable bonds is 5. The molecule has 1 aliphatic heterocycles. The number of nitrogens with zero attached hydrogens (tertiary/aromatic N) is 1. The molecular weight excluding hydrogens is 334 g/mol. The highest BCUT2D eigenvalue weighted by Gasteiger charge is 2.24. The van der Waals surface area contributed by atoms with Gasteiger partial charge < -0.3 is 19.4 Å². The Morgan fingerprint density at radius 2 is 1.96 bits per heavy atom. The third-order valence-electron chi connectivity index (χ3n) is 3.93. The second kappa shape index (κ2) is 7.23. The van der Waals surface area contributed by atoms with E-state index in [1.807, 2.05) is 32.0 Å². The maximum Gasteiger partial charge on any atom is 0.363 e. The van der Waals surface area contributed by atoms with Crippen molar-refractivity contribution in [2.45, 2.75) is 13.8 Å². The fourth-order valence-electron chi connectivity index (χ4n) is 2.42. The number of esters is 1. The van der Waals surface area contributed by atoms with Crippen molar-refractivity contribution in [3.05, 3.63) is 70.4 Å². The van der Waals surface area contributed by atoms with E-state index >= 15 is 0 Å². The lowest BCUT2D eigenvalue weighted by molar-refractivity contribution is -0.307. The van der Waals surface area contributed by atoms with E-state index in [1.54, 1.807) is 24.3 Å². The van der Waals surface area contributed by atoms with Gasteiger partial charge in [0.2, 0.25) is 5.90 Å². The quantitative estimate of drug-likeness (QED) is 0.606. The van der Waals surface area contributed by atoms with Crippen LogP contribution in [0.5, 0.6) is 5.75 Å². The number of hydrogen-bond donors (Lipinski definition) is 0. The molecule has 0 aromatic heterocycles. The number of benzene rings is 2. The molecule has 0 bridgehead atoms. The van der Waals surface area contributed by atoms with Gasteiger partial charge in [-0.15, -0.1) is 0 Å². The fourth-order valence-corrected chi connectivity index (χ4v) is 2.42. The van der Waals surface area contributed by atoms with Crippen LogP contribution < -0.4 is 9.84 Å². The second-order valence-corrected chi connectivity index (χ2v) is 5.83. The highest BCUT2D eigenvalue weighted by Crippen LogP contribution is 2.25. The molecular formula is C20H16NO5-. The minimum absolute atomic E-state index is 0.114. The monoisotopic (exact) mass is 350 g/mol. The zero-order chi connectivity index (χ0) is 18.7. The first-order valence-electron chi connectivity index (χ1n) is 7.96. The summed E-state index contributed by atoms with van der Waals surface area (Å²) in [6.45, 7) is 3.39. The van der Waals surface area contributed by atoms with Crippen LogP contribution in [0, 0.1) is 13.8 Å². The first kappa shape index (κ1) is 17.4. The Hall–Kier alpha value is -3.41. The molecule has 1 heterocycles. The zero-order valence-electron chi connectivity index (χ0n) is 14.3. The molecule has 1 aliphatic rings. The molecule has 0 aliphatic carbocycles. The van der Waals surface area contributed by atoms with Gasteiger partial charge in [-0.1, -0.05) is 24.3 Å².